The fraction of sp³-hybridized carbons (Fsp3) is 0.200. The molecule has 0 saturated carbocycles. The van der Waals surface area contributed by atoms with Crippen LogP contribution in [0.15, 0.2) is 24.4 Å². The molecular weight excluding hydrogens is 180 g/mol. The van der Waals surface area contributed by atoms with Crippen LogP contribution >= 0.6 is 0 Å². The van der Waals surface area contributed by atoms with E-state index in [1.165, 1.54) is 6.08 Å². The highest BCUT2D eigenvalue weighted by molar-refractivity contribution is 5.87. The highest BCUT2D eigenvalue weighted by atomic mass is 16.5. The van der Waals surface area contributed by atoms with Gasteiger partial charge in [-0.15, -0.1) is 0 Å². The number of nitrogens with two attached hydrogens (primary N) is 1. The van der Waals surface area contributed by atoms with Crippen molar-refractivity contribution in [1.82, 2.24) is 4.98 Å². The van der Waals surface area contributed by atoms with Crippen molar-refractivity contribution < 1.29 is 9.53 Å². The van der Waals surface area contributed by atoms with Gasteiger partial charge in [-0.25, -0.2) is 9.78 Å². The molecule has 0 radical (unpaired) electrons. The first-order valence-electron chi connectivity index (χ1n) is 4.29. The second-order valence-corrected chi connectivity index (χ2v) is 2.56. The van der Waals surface area contributed by atoms with E-state index >= 15 is 0 Å². The second-order valence-electron chi connectivity index (χ2n) is 2.56. The number of carbonyl (C=O) groups excluding carboxylic acids is 1. The van der Waals surface area contributed by atoms with Gasteiger partial charge < -0.3 is 10.5 Å². The number of rotatable bonds is 3. The van der Waals surface area contributed by atoms with E-state index in [-0.39, 0.29) is 5.97 Å². The van der Waals surface area contributed by atoms with Crippen LogP contribution in [0.1, 0.15) is 12.5 Å². The smallest absolute Gasteiger partial charge is 0.330 e. The molecule has 1 aromatic heterocycles. The number of ether oxygens (including phenoxy) is 1. The van der Waals surface area contributed by atoms with Gasteiger partial charge in [-0.05, 0) is 25.1 Å². The van der Waals surface area contributed by atoms with Crippen molar-refractivity contribution in [3.05, 3.63) is 30.0 Å². The van der Waals surface area contributed by atoms with Crippen molar-refractivity contribution in [2.45, 2.75) is 6.92 Å². The van der Waals surface area contributed by atoms with E-state index in [4.69, 9.17) is 10.5 Å². The summed E-state index contributed by atoms with van der Waals surface area (Å²) in [6, 6.07) is 3.53. The molecule has 0 aromatic carbocycles. The summed E-state index contributed by atoms with van der Waals surface area (Å²) >= 11 is 0. The lowest BCUT2D eigenvalue weighted by atomic mass is 10.2. The summed E-state index contributed by atoms with van der Waals surface area (Å²) < 4.78 is 4.72. The molecule has 0 amide bonds. The first kappa shape index (κ1) is 10.2. The number of nitrogens with zero attached hydrogens (tertiary/aromatic N) is 1. The van der Waals surface area contributed by atoms with Crippen LogP contribution in [-0.2, 0) is 9.53 Å². The number of aromatic nitrogens is 1. The Morgan fingerprint density at radius 3 is 3.14 bits per heavy atom. The van der Waals surface area contributed by atoms with Crippen molar-refractivity contribution in [1.29, 1.82) is 0 Å². The zero-order valence-electron chi connectivity index (χ0n) is 7.93. The van der Waals surface area contributed by atoms with Gasteiger partial charge in [0.05, 0.1) is 6.61 Å². The molecule has 0 aliphatic rings. The number of carbonyl (C=O) groups is 1. The third-order valence-electron chi connectivity index (χ3n) is 1.56. The Morgan fingerprint density at radius 1 is 1.71 bits per heavy atom. The molecule has 4 heteroatoms. The van der Waals surface area contributed by atoms with Crippen molar-refractivity contribution in [2.75, 3.05) is 12.3 Å². The summed E-state index contributed by atoms with van der Waals surface area (Å²) in [5, 5.41) is 0. The van der Waals surface area contributed by atoms with E-state index in [0.29, 0.717) is 18.0 Å². The summed E-state index contributed by atoms with van der Waals surface area (Å²) in [4.78, 5) is 14.8. The fourth-order valence-electron chi connectivity index (χ4n) is 0.919. The summed E-state index contributed by atoms with van der Waals surface area (Å²) in [5.74, 6) is 0.0174. The van der Waals surface area contributed by atoms with Crippen LogP contribution in [-0.4, -0.2) is 17.6 Å². The van der Waals surface area contributed by atoms with Crippen LogP contribution in [0.5, 0.6) is 0 Å². The lowest BCUT2D eigenvalue weighted by molar-refractivity contribution is -0.137. The molecule has 0 unspecified atom stereocenters. The molecule has 4 nitrogen and oxygen atoms in total. The molecule has 0 saturated heterocycles. The zero-order valence-corrected chi connectivity index (χ0v) is 7.93. The molecule has 2 N–H and O–H groups in total. The van der Waals surface area contributed by atoms with Gasteiger partial charge in [0, 0.05) is 17.8 Å². The molecule has 0 aliphatic heterocycles. The first-order chi connectivity index (χ1) is 6.74. The SMILES string of the molecule is CCOC(=O)/C=C/c1cccnc1N. The van der Waals surface area contributed by atoms with Gasteiger partial charge in [-0.1, -0.05) is 0 Å². The van der Waals surface area contributed by atoms with E-state index < -0.39 is 0 Å². The standard InChI is InChI=1S/C10H12N2O2/c1-2-14-9(13)6-5-8-4-3-7-12-10(8)11/h3-7H,2H2,1H3,(H2,11,12)/b6-5+. The topological polar surface area (TPSA) is 65.2 Å². The largest absolute Gasteiger partial charge is 0.463 e. The minimum absolute atomic E-state index is 0.367. The van der Waals surface area contributed by atoms with Gasteiger partial charge >= 0.3 is 5.97 Å². The lowest BCUT2D eigenvalue weighted by Crippen LogP contribution is -1.99. The Bertz CT molecular complexity index is 348. The highest BCUT2D eigenvalue weighted by Crippen LogP contribution is 2.08. The number of esters is 1. The minimum Gasteiger partial charge on any atom is -0.463 e. The first-order valence-corrected chi connectivity index (χ1v) is 4.29. The van der Waals surface area contributed by atoms with Crippen LogP contribution < -0.4 is 5.73 Å². The highest BCUT2D eigenvalue weighted by Gasteiger charge is 1.96. The molecule has 14 heavy (non-hydrogen) atoms. The molecule has 0 fully saturated rings. The van der Waals surface area contributed by atoms with E-state index in [2.05, 4.69) is 4.98 Å². The Hall–Kier alpha value is -1.84. The normalized spacial score (nSPS) is 10.4. The molecule has 0 aliphatic carbocycles. The number of nitrogen functional groups attached to an aromatic ring is 1. The molecule has 1 heterocycles. The van der Waals surface area contributed by atoms with Gasteiger partial charge in [0.1, 0.15) is 5.82 Å². The van der Waals surface area contributed by atoms with Crippen LogP contribution in [0.2, 0.25) is 0 Å². The van der Waals surface area contributed by atoms with Crippen LogP contribution in [0.3, 0.4) is 0 Å². The molecular formula is C10H12N2O2. The van der Waals surface area contributed by atoms with Crippen molar-refractivity contribution in [3.8, 4) is 0 Å². The van der Waals surface area contributed by atoms with E-state index in [1.54, 1.807) is 31.3 Å². The quantitative estimate of drug-likeness (QED) is 0.578. The van der Waals surface area contributed by atoms with Gasteiger partial charge in [0.15, 0.2) is 0 Å². The zero-order chi connectivity index (χ0) is 10.4. The van der Waals surface area contributed by atoms with Crippen molar-refractivity contribution >= 4 is 17.9 Å². The van der Waals surface area contributed by atoms with Gasteiger partial charge in [-0.2, -0.15) is 0 Å². The Balaban J connectivity index is 2.69. The maximum absolute atomic E-state index is 11.0. The van der Waals surface area contributed by atoms with Crippen molar-refractivity contribution in [2.24, 2.45) is 0 Å². The third-order valence-corrected chi connectivity index (χ3v) is 1.56. The molecule has 0 spiro atoms. The van der Waals surface area contributed by atoms with Gasteiger partial charge in [-0.3, -0.25) is 0 Å². The molecule has 1 rings (SSSR count). The summed E-state index contributed by atoms with van der Waals surface area (Å²) in [6.45, 7) is 2.12. The Morgan fingerprint density at radius 2 is 2.50 bits per heavy atom. The average molecular weight is 192 g/mol. The maximum Gasteiger partial charge on any atom is 0.330 e. The molecule has 74 valence electrons. The van der Waals surface area contributed by atoms with Crippen molar-refractivity contribution in [3.63, 3.8) is 0 Å². The van der Waals surface area contributed by atoms with Crippen LogP contribution in [0.4, 0.5) is 5.82 Å². The number of pyridine rings is 1. The number of hydrogen-bond donors (Lipinski definition) is 1. The lowest BCUT2D eigenvalue weighted by Gasteiger charge is -1.97. The fourth-order valence-corrected chi connectivity index (χ4v) is 0.919. The predicted molar refractivity (Wildman–Crippen MR) is 54.3 cm³/mol. The number of anilines is 1. The molecule has 0 bridgehead atoms. The van der Waals surface area contributed by atoms with Crippen LogP contribution in [0.25, 0.3) is 6.08 Å². The van der Waals surface area contributed by atoms with E-state index in [0.717, 1.165) is 0 Å². The number of hydrogen-bond acceptors (Lipinski definition) is 4. The third kappa shape index (κ3) is 2.90. The predicted octanol–water partition coefficient (Wildman–Crippen LogP) is 1.24. The maximum atomic E-state index is 11.0. The van der Waals surface area contributed by atoms with E-state index in [9.17, 15) is 4.79 Å². The monoisotopic (exact) mass is 192 g/mol. The Kier molecular flexibility index (Phi) is 3.67. The Labute approximate surface area is 82.4 Å². The van der Waals surface area contributed by atoms with E-state index in [1.807, 2.05) is 0 Å². The van der Waals surface area contributed by atoms with Gasteiger partial charge in [0.25, 0.3) is 0 Å². The molecule has 1 aromatic rings. The summed E-state index contributed by atoms with van der Waals surface area (Å²) in [6.07, 6.45) is 4.51. The molecule has 0 atom stereocenters. The average Bonchev–Trinajstić information content (AvgIpc) is 2.17. The summed E-state index contributed by atoms with van der Waals surface area (Å²) in [5.41, 5.74) is 6.28. The minimum atomic E-state index is -0.379. The van der Waals surface area contributed by atoms with Crippen LogP contribution in [0, 0.1) is 0 Å². The second kappa shape index (κ2) is 5.01. The summed E-state index contributed by atoms with van der Waals surface area (Å²) in [7, 11) is 0. The van der Waals surface area contributed by atoms with Gasteiger partial charge in [0.2, 0.25) is 0 Å².